The Morgan fingerprint density at radius 2 is 1.68 bits per heavy atom. The summed E-state index contributed by atoms with van der Waals surface area (Å²) in [6.45, 7) is 0.558. The van der Waals surface area contributed by atoms with Crippen molar-refractivity contribution in [2.75, 3.05) is 20.8 Å². The number of aryl methyl sites for hydroxylation is 1. The number of benzene rings is 2. The Morgan fingerprint density at radius 3 is 2.29 bits per heavy atom. The van der Waals surface area contributed by atoms with Crippen molar-refractivity contribution in [3.05, 3.63) is 51.8 Å². The first-order chi connectivity index (χ1) is 14.2. The van der Waals surface area contributed by atoms with Gasteiger partial charge in [0, 0.05) is 31.1 Å². The molecule has 0 atom stereocenters. The lowest BCUT2D eigenvalue weighted by Gasteiger charge is -2.26. The number of rotatable bonds is 4. The van der Waals surface area contributed by atoms with Crippen LogP contribution in [0.25, 0.3) is 22.0 Å². The number of fused-ring (bicyclic) bond motifs is 2. The number of hydrogen-bond donors (Lipinski definition) is 1. The highest BCUT2D eigenvalue weighted by Crippen LogP contribution is 2.35. The molecular weight excluding hydrogens is 444 g/mol. The van der Waals surface area contributed by atoms with Crippen LogP contribution in [0.2, 0.25) is 0 Å². The first kappa shape index (κ1) is 23.0. The molecule has 1 aliphatic heterocycles. The maximum atomic E-state index is 12.7. The summed E-state index contributed by atoms with van der Waals surface area (Å²) in [6.07, 6.45) is 0.542. The predicted octanol–water partition coefficient (Wildman–Crippen LogP) is 1.60. The van der Waals surface area contributed by atoms with Crippen LogP contribution >= 0.6 is 12.4 Å². The Morgan fingerprint density at radius 1 is 1.03 bits per heavy atom. The van der Waals surface area contributed by atoms with Crippen LogP contribution < -0.4 is 20.2 Å². The molecule has 1 aliphatic rings. The van der Waals surface area contributed by atoms with Crippen molar-refractivity contribution in [2.24, 2.45) is 12.2 Å². The zero-order chi connectivity index (χ0) is 21.6. The predicted molar refractivity (Wildman–Crippen MR) is 120 cm³/mol. The third kappa shape index (κ3) is 4.11. The van der Waals surface area contributed by atoms with E-state index in [1.54, 1.807) is 19.2 Å². The quantitative estimate of drug-likeness (QED) is 0.624. The molecule has 166 valence electrons. The van der Waals surface area contributed by atoms with E-state index < -0.39 is 10.2 Å². The van der Waals surface area contributed by atoms with Crippen LogP contribution in [-0.4, -0.2) is 43.3 Å². The average molecular weight is 467 g/mol. The number of nitrogens with two attached hydrogens (primary N) is 1. The third-order valence-electron chi connectivity index (χ3n) is 5.37. The van der Waals surface area contributed by atoms with Crippen LogP contribution in [0, 0.1) is 0 Å². The minimum Gasteiger partial charge on any atom is -0.493 e. The molecule has 3 aromatic rings. The van der Waals surface area contributed by atoms with Gasteiger partial charge in [0.25, 0.3) is 15.8 Å². The molecule has 0 saturated carbocycles. The number of nitrogens with zero attached hydrogens (tertiary/aromatic N) is 3. The van der Waals surface area contributed by atoms with Gasteiger partial charge in [-0.2, -0.15) is 17.8 Å². The second-order valence-electron chi connectivity index (χ2n) is 7.14. The van der Waals surface area contributed by atoms with Crippen LogP contribution in [-0.2, 0) is 30.2 Å². The van der Waals surface area contributed by atoms with Crippen LogP contribution in [0.1, 0.15) is 11.1 Å². The number of halogens is 1. The highest BCUT2D eigenvalue weighted by atomic mass is 35.5. The van der Waals surface area contributed by atoms with Gasteiger partial charge in [0.15, 0.2) is 11.5 Å². The fourth-order valence-corrected chi connectivity index (χ4v) is 4.45. The minimum absolute atomic E-state index is 0. The van der Waals surface area contributed by atoms with Gasteiger partial charge in [-0.3, -0.25) is 4.79 Å². The molecule has 0 bridgehead atoms. The van der Waals surface area contributed by atoms with Crippen LogP contribution in [0.15, 0.2) is 35.1 Å². The average Bonchev–Trinajstić information content (AvgIpc) is 2.73. The second kappa shape index (κ2) is 8.46. The smallest absolute Gasteiger partial charge is 0.277 e. The molecule has 2 aromatic carbocycles. The fraction of sp³-hybridized carbons (Fsp3) is 0.300. The van der Waals surface area contributed by atoms with Gasteiger partial charge >= 0.3 is 0 Å². The van der Waals surface area contributed by atoms with Crippen molar-refractivity contribution in [2.45, 2.75) is 13.0 Å². The standard InChI is InChI=1S/C20H22N4O5S.ClH/c1-23-20(25)16-10-18(29-3)17(28-2)9-15(16)19(22-23)13-4-5-14-11-24(30(21,26)27)7-6-12(14)8-13;/h4-5,8-10H,6-7,11H2,1-3H3,(H2,21,26,27);1H. The van der Waals surface area contributed by atoms with Crippen molar-refractivity contribution in [3.63, 3.8) is 0 Å². The molecular formula is C20H23ClN4O5S. The fourth-order valence-electron chi connectivity index (χ4n) is 3.78. The van der Waals surface area contributed by atoms with Gasteiger partial charge in [0.2, 0.25) is 0 Å². The normalized spacial score (nSPS) is 14.1. The van der Waals surface area contributed by atoms with E-state index in [9.17, 15) is 13.2 Å². The zero-order valence-electron chi connectivity index (χ0n) is 17.3. The van der Waals surface area contributed by atoms with E-state index >= 15 is 0 Å². The van der Waals surface area contributed by atoms with Crippen molar-refractivity contribution in [1.29, 1.82) is 0 Å². The molecule has 11 heteroatoms. The molecule has 0 saturated heterocycles. The summed E-state index contributed by atoms with van der Waals surface area (Å²) in [7, 11) is 0.928. The van der Waals surface area contributed by atoms with Crippen LogP contribution in [0.3, 0.4) is 0 Å². The van der Waals surface area contributed by atoms with Gasteiger partial charge in [-0.25, -0.2) is 9.82 Å². The van der Waals surface area contributed by atoms with Gasteiger partial charge in [0.05, 0.1) is 25.3 Å². The molecule has 1 aromatic heterocycles. The molecule has 4 rings (SSSR count). The molecule has 0 fully saturated rings. The molecule has 31 heavy (non-hydrogen) atoms. The zero-order valence-corrected chi connectivity index (χ0v) is 18.9. The van der Waals surface area contributed by atoms with Gasteiger partial charge in [-0.05, 0) is 35.7 Å². The summed E-state index contributed by atoms with van der Waals surface area (Å²) >= 11 is 0. The highest BCUT2D eigenvalue weighted by molar-refractivity contribution is 7.86. The Labute approximate surface area is 186 Å². The van der Waals surface area contributed by atoms with Gasteiger partial charge in [-0.1, -0.05) is 12.1 Å². The lowest BCUT2D eigenvalue weighted by Crippen LogP contribution is -2.40. The summed E-state index contributed by atoms with van der Waals surface area (Å²) in [6, 6.07) is 9.14. The van der Waals surface area contributed by atoms with E-state index in [1.807, 2.05) is 18.2 Å². The van der Waals surface area contributed by atoms with Crippen LogP contribution in [0.4, 0.5) is 0 Å². The number of aromatic nitrogens is 2. The number of hydrogen-bond acceptors (Lipinski definition) is 6. The SMILES string of the molecule is COc1cc2c(-c3ccc4c(c3)CCN(S(N)(=O)=O)C4)nn(C)c(=O)c2cc1OC.Cl. The van der Waals surface area contributed by atoms with E-state index in [0.29, 0.717) is 40.9 Å². The van der Waals surface area contributed by atoms with Gasteiger partial charge < -0.3 is 9.47 Å². The van der Waals surface area contributed by atoms with Crippen LogP contribution in [0.5, 0.6) is 11.5 Å². The van der Waals surface area contributed by atoms with E-state index in [1.165, 1.54) is 23.2 Å². The van der Waals surface area contributed by atoms with Gasteiger partial charge in [0.1, 0.15) is 0 Å². The third-order valence-corrected chi connectivity index (χ3v) is 6.40. The molecule has 0 amide bonds. The van der Waals surface area contributed by atoms with E-state index in [4.69, 9.17) is 14.6 Å². The maximum Gasteiger partial charge on any atom is 0.277 e. The number of ether oxygens (including phenoxy) is 2. The largest absolute Gasteiger partial charge is 0.493 e. The Kier molecular flexibility index (Phi) is 6.28. The molecule has 0 aliphatic carbocycles. The lowest BCUT2D eigenvalue weighted by molar-refractivity contribution is 0.356. The molecule has 2 heterocycles. The Hall–Kier alpha value is -2.66. The highest BCUT2D eigenvalue weighted by Gasteiger charge is 2.24. The second-order valence-corrected chi connectivity index (χ2v) is 8.69. The van der Waals surface area contributed by atoms with E-state index in [0.717, 1.165) is 16.7 Å². The number of methoxy groups -OCH3 is 2. The molecule has 9 nitrogen and oxygen atoms in total. The first-order valence-corrected chi connectivity index (χ1v) is 10.8. The molecule has 0 spiro atoms. The van der Waals surface area contributed by atoms with E-state index in [2.05, 4.69) is 5.10 Å². The Bertz CT molecular complexity index is 1320. The van der Waals surface area contributed by atoms with E-state index in [-0.39, 0.29) is 24.5 Å². The van der Waals surface area contributed by atoms with Crippen molar-refractivity contribution in [3.8, 4) is 22.8 Å². The molecule has 2 N–H and O–H groups in total. The van der Waals surface area contributed by atoms with Gasteiger partial charge in [-0.15, -0.1) is 12.4 Å². The maximum absolute atomic E-state index is 12.7. The monoisotopic (exact) mass is 466 g/mol. The lowest BCUT2D eigenvalue weighted by atomic mass is 9.95. The molecule has 0 radical (unpaired) electrons. The molecule has 0 unspecified atom stereocenters. The summed E-state index contributed by atoms with van der Waals surface area (Å²) in [5.74, 6) is 0.968. The van der Waals surface area contributed by atoms with Crippen molar-refractivity contribution < 1.29 is 17.9 Å². The summed E-state index contributed by atoms with van der Waals surface area (Å²) in [4.78, 5) is 12.7. The summed E-state index contributed by atoms with van der Waals surface area (Å²) < 4.78 is 36.6. The summed E-state index contributed by atoms with van der Waals surface area (Å²) in [5, 5.41) is 10.9. The topological polar surface area (TPSA) is 117 Å². The summed E-state index contributed by atoms with van der Waals surface area (Å²) in [5.41, 5.74) is 3.14. The Balaban J connectivity index is 0.00000272. The van der Waals surface area contributed by atoms with Crippen molar-refractivity contribution >= 4 is 33.4 Å². The minimum atomic E-state index is -3.73. The van der Waals surface area contributed by atoms with Crippen molar-refractivity contribution in [1.82, 2.24) is 14.1 Å². The first-order valence-electron chi connectivity index (χ1n) is 9.26.